The molecule has 2 N–H and O–H groups in total. The van der Waals surface area contributed by atoms with E-state index >= 15 is 0 Å². The van der Waals surface area contributed by atoms with Crippen LogP contribution in [0.5, 0.6) is 0 Å². The second-order valence-electron chi connectivity index (χ2n) is 6.15. The minimum atomic E-state index is 0.116. The lowest BCUT2D eigenvalue weighted by molar-refractivity contribution is -0.129. The maximum Gasteiger partial charge on any atom is 0.227 e. The third-order valence-electron chi connectivity index (χ3n) is 4.52. The van der Waals surface area contributed by atoms with E-state index < -0.39 is 0 Å². The second kappa shape index (κ2) is 5.89. The maximum absolute atomic E-state index is 12.6. The van der Waals surface area contributed by atoms with Gasteiger partial charge in [0, 0.05) is 47.8 Å². The number of aromatic nitrogens is 2. The van der Waals surface area contributed by atoms with Crippen molar-refractivity contribution in [3.05, 3.63) is 72.1 Å². The Bertz CT molecular complexity index is 1010. The predicted molar refractivity (Wildman–Crippen MR) is 96.8 cm³/mol. The summed E-state index contributed by atoms with van der Waals surface area (Å²) >= 11 is 0. The number of amides is 1. The number of aromatic amines is 2. The van der Waals surface area contributed by atoms with Crippen LogP contribution in [-0.4, -0.2) is 27.8 Å². The molecule has 0 atom stereocenters. The summed E-state index contributed by atoms with van der Waals surface area (Å²) in [5, 5.41) is 2.29. The fraction of sp³-hybridized carbons (Fsp3) is 0.150. The highest BCUT2D eigenvalue weighted by molar-refractivity contribution is 5.89. The SMILES string of the molecule is CN(Cc1c[nH]c2ccccc12)C(=O)Cc1c[nH]c2ccccc12. The van der Waals surface area contributed by atoms with Gasteiger partial charge in [0.1, 0.15) is 0 Å². The van der Waals surface area contributed by atoms with E-state index in [0.717, 1.165) is 27.5 Å². The van der Waals surface area contributed by atoms with E-state index in [1.807, 2.05) is 61.9 Å². The van der Waals surface area contributed by atoms with Gasteiger partial charge >= 0.3 is 0 Å². The normalized spacial score (nSPS) is 11.2. The summed E-state index contributed by atoms with van der Waals surface area (Å²) in [6.07, 6.45) is 4.32. The number of hydrogen-bond acceptors (Lipinski definition) is 1. The topological polar surface area (TPSA) is 51.9 Å². The van der Waals surface area contributed by atoms with Crippen LogP contribution in [0.3, 0.4) is 0 Å². The molecule has 4 heteroatoms. The smallest absolute Gasteiger partial charge is 0.227 e. The van der Waals surface area contributed by atoms with Crippen molar-refractivity contribution in [1.82, 2.24) is 14.9 Å². The monoisotopic (exact) mass is 317 g/mol. The molecular formula is C20H19N3O. The third-order valence-corrected chi connectivity index (χ3v) is 4.52. The van der Waals surface area contributed by atoms with Gasteiger partial charge in [0.05, 0.1) is 6.42 Å². The van der Waals surface area contributed by atoms with Gasteiger partial charge in [0.2, 0.25) is 5.91 Å². The van der Waals surface area contributed by atoms with Gasteiger partial charge in [-0.3, -0.25) is 4.79 Å². The lowest BCUT2D eigenvalue weighted by atomic mass is 10.1. The van der Waals surface area contributed by atoms with Gasteiger partial charge in [-0.2, -0.15) is 0 Å². The summed E-state index contributed by atoms with van der Waals surface area (Å²) in [7, 11) is 1.86. The summed E-state index contributed by atoms with van der Waals surface area (Å²) < 4.78 is 0. The van der Waals surface area contributed by atoms with E-state index in [1.54, 1.807) is 4.90 Å². The summed E-state index contributed by atoms with van der Waals surface area (Å²) in [4.78, 5) is 20.9. The molecule has 0 aliphatic rings. The molecule has 24 heavy (non-hydrogen) atoms. The molecule has 4 aromatic rings. The first-order chi connectivity index (χ1) is 11.7. The zero-order chi connectivity index (χ0) is 16.5. The molecule has 2 heterocycles. The van der Waals surface area contributed by atoms with Crippen LogP contribution in [0.25, 0.3) is 21.8 Å². The molecule has 2 aromatic heterocycles. The highest BCUT2D eigenvalue weighted by Gasteiger charge is 2.14. The minimum Gasteiger partial charge on any atom is -0.361 e. The van der Waals surface area contributed by atoms with Crippen LogP contribution in [0.15, 0.2) is 60.9 Å². The van der Waals surface area contributed by atoms with Crippen molar-refractivity contribution >= 4 is 27.7 Å². The van der Waals surface area contributed by atoms with Crippen LogP contribution in [0, 0.1) is 0 Å². The highest BCUT2D eigenvalue weighted by Crippen LogP contribution is 2.21. The van der Waals surface area contributed by atoms with Crippen LogP contribution in [0.4, 0.5) is 0 Å². The molecule has 0 bridgehead atoms. The minimum absolute atomic E-state index is 0.116. The van der Waals surface area contributed by atoms with Gasteiger partial charge in [-0.15, -0.1) is 0 Å². The Labute approximate surface area is 140 Å². The molecule has 0 aliphatic carbocycles. The first-order valence-corrected chi connectivity index (χ1v) is 8.06. The number of nitrogens with zero attached hydrogens (tertiary/aromatic N) is 1. The number of likely N-dealkylation sites (N-methyl/N-ethyl adjacent to an activating group) is 1. The number of nitrogens with one attached hydrogen (secondary N) is 2. The maximum atomic E-state index is 12.6. The van der Waals surface area contributed by atoms with Crippen molar-refractivity contribution in [2.24, 2.45) is 0 Å². The molecular weight excluding hydrogens is 298 g/mol. The molecule has 0 aliphatic heterocycles. The Morgan fingerprint density at radius 3 is 2.08 bits per heavy atom. The molecule has 0 fully saturated rings. The zero-order valence-corrected chi connectivity index (χ0v) is 13.5. The number of hydrogen-bond donors (Lipinski definition) is 2. The highest BCUT2D eigenvalue weighted by atomic mass is 16.2. The Morgan fingerprint density at radius 2 is 1.42 bits per heavy atom. The lowest BCUT2D eigenvalue weighted by Gasteiger charge is -2.16. The number of fused-ring (bicyclic) bond motifs is 2. The van der Waals surface area contributed by atoms with Crippen LogP contribution < -0.4 is 0 Å². The average molecular weight is 317 g/mol. The molecule has 2 aromatic carbocycles. The van der Waals surface area contributed by atoms with Crippen molar-refractivity contribution in [1.29, 1.82) is 0 Å². The van der Waals surface area contributed by atoms with Gasteiger partial charge in [0.15, 0.2) is 0 Å². The van der Waals surface area contributed by atoms with Gasteiger partial charge in [-0.25, -0.2) is 0 Å². The number of rotatable bonds is 4. The standard InChI is InChI=1S/C20H19N3O/c1-23(13-15-12-22-19-9-5-3-7-17(15)19)20(24)10-14-11-21-18-8-4-2-6-16(14)18/h2-9,11-12,21-22H,10,13H2,1H3. The molecule has 0 unspecified atom stereocenters. The first kappa shape index (κ1) is 14.6. The van der Waals surface area contributed by atoms with Crippen LogP contribution >= 0.6 is 0 Å². The van der Waals surface area contributed by atoms with E-state index in [1.165, 1.54) is 5.39 Å². The van der Waals surface area contributed by atoms with E-state index in [-0.39, 0.29) is 5.91 Å². The van der Waals surface area contributed by atoms with Gasteiger partial charge in [0.25, 0.3) is 0 Å². The second-order valence-corrected chi connectivity index (χ2v) is 6.15. The fourth-order valence-corrected chi connectivity index (χ4v) is 3.18. The third kappa shape index (κ3) is 2.56. The van der Waals surface area contributed by atoms with Crippen LogP contribution in [0.1, 0.15) is 11.1 Å². The predicted octanol–water partition coefficient (Wildman–Crippen LogP) is 3.85. The number of para-hydroxylation sites is 2. The Balaban J connectivity index is 1.52. The summed E-state index contributed by atoms with van der Waals surface area (Å²) in [5.74, 6) is 0.116. The van der Waals surface area contributed by atoms with Gasteiger partial charge < -0.3 is 14.9 Å². The number of carbonyl (C=O) groups excluding carboxylic acids is 1. The Hall–Kier alpha value is -3.01. The molecule has 120 valence electrons. The lowest BCUT2D eigenvalue weighted by Crippen LogP contribution is -2.27. The van der Waals surface area contributed by atoms with E-state index in [0.29, 0.717) is 13.0 Å². The van der Waals surface area contributed by atoms with E-state index in [4.69, 9.17) is 0 Å². The average Bonchev–Trinajstić information content (AvgIpc) is 3.20. The quantitative estimate of drug-likeness (QED) is 0.590. The van der Waals surface area contributed by atoms with Crippen molar-refractivity contribution in [3.63, 3.8) is 0 Å². The van der Waals surface area contributed by atoms with Crippen molar-refractivity contribution < 1.29 is 4.79 Å². The van der Waals surface area contributed by atoms with Crippen molar-refractivity contribution in [2.75, 3.05) is 7.05 Å². The number of carbonyl (C=O) groups is 1. The summed E-state index contributed by atoms with van der Waals surface area (Å²) in [5.41, 5.74) is 4.35. The largest absolute Gasteiger partial charge is 0.361 e. The van der Waals surface area contributed by atoms with Crippen molar-refractivity contribution in [2.45, 2.75) is 13.0 Å². The fourth-order valence-electron chi connectivity index (χ4n) is 3.18. The van der Waals surface area contributed by atoms with E-state index in [9.17, 15) is 4.79 Å². The number of benzene rings is 2. The molecule has 0 saturated carbocycles. The molecule has 0 spiro atoms. The Morgan fingerprint density at radius 1 is 0.875 bits per heavy atom. The summed E-state index contributed by atoms with van der Waals surface area (Å²) in [6, 6.07) is 16.2. The Kier molecular flexibility index (Phi) is 3.58. The zero-order valence-electron chi connectivity index (χ0n) is 13.5. The van der Waals surface area contributed by atoms with E-state index in [2.05, 4.69) is 16.0 Å². The van der Waals surface area contributed by atoms with Crippen LogP contribution in [-0.2, 0) is 17.8 Å². The first-order valence-electron chi connectivity index (χ1n) is 8.06. The molecule has 4 nitrogen and oxygen atoms in total. The molecule has 0 radical (unpaired) electrons. The molecule has 1 amide bonds. The number of H-pyrrole nitrogens is 2. The van der Waals surface area contributed by atoms with Crippen molar-refractivity contribution in [3.8, 4) is 0 Å². The van der Waals surface area contributed by atoms with Crippen LogP contribution in [0.2, 0.25) is 0 Å². The molecule has 4 rings (SSSR count). The van der Waals surface area contributed by atoms with Gasteiger partial charge in [-0.05, 0) is 23.3 Å². The summed E-state index contributed by atoms with van der Waals surface area (Å²) in [6.45, 7) is 0.602. The van der Waals surface area contributed by atoms with Gasteiger partial charge in [-0.1, -0.05) is 36.4 Å². The molecule has 0 saturated heterocycles.